The molecule has 1 aromatic heterocycles. The molecule has 0 spiro atoms. The lowest BCUT2D eigenvalue weighted by atomic mass is 9.85. The van der Waals surface area contributed by atoms with Gasteiger partial charge in [0.25, 0.3) is 0 Å². The largest absolute Gasteiger partial charge is 0.461 e. The Hall–Kier alpha value is -3.22. The number of fused-ring (bicyclic) bond motifs is 3. The van der Waals surface area contributed by atoms with E-state index in [-0.39, 0.29) is 43.2 Å². The number of benzene rings is 1. The number of likely N-dealkylation sites (tertiary alicyclic amines) is 1. The molecule has 160 valence electrons. The van der Waals surface area contributed by atoms with Crippen molar-refractivity contribution in [3.63, 3.8) is 0 Å². The topological polar surface area (TPSA) is 93.9 Å². The lowest BCUT2D eigenvalue weighted by Crippen LogP contribution is -2.33. The SMILES string of the molecule is O=C(CCN1C(=O)[C@@H]2CC=CC[C@H]2C1=O)OCc1cc(=O)oc2cc3c(cc12)CCC3. The minimum Gasteiger partial charge on any atom is -0.461 e. The predicted octanol–water partition coefficient (Wildman–Crippen LogP) is 2.67. The van der Waals surface area contributed by atoms with Crippen LogP contribution in [0.5, 0.6) is 0 Å². The summed E-state index contributed by atoms with van der Waals surface area (Å²) in [5.41, 5.74) is 3.04. The summed E-state index contributed by atoms with van der Waals surface area (Å²) in [4.78, 5) is 50.5. The standard InChI is InChI=1S/C24H23NO6/c26-21(8-9-25-23(28)17-6-1-2-7-18(17)24(25)29)30-13-16-12-22(27)31-20-11-15-5-3-4-14(15)10-19(16)20/h1-2,10-12,17-18H,3-9,13H2/t17-,18-/m1/s1. The number of ether oxygens (including phenoxy) is 1. The highest BCUT2D eigenvalue weighted by Gasteiger charge is 2.46. The Kier molecular flexibility index (Phi) is 4.96. The zero-order valence-corrected chi connectivity index (χ0v) is 17.1. The van der Waals surface area contributed by atoms with E-state index >= 15 is 0 Å². The first kappa shape index (κ1) is 19.7. The number of carbonyl (C=O) groups is 3. The average Bonchev–Trinajstić information content (AvgIpc) is 3.31. The van der Waals surface area contributed by atoms with Gasteiger partial charge in [0, 0.05) is 23.6 Å². The Balaban J connectivity index is 1.24. The molecule has 2 heterocycles. The van der Waals surface area contributed by atoms with Crippen LogP contribution >= 0.6 is 0 Å². The van der Waals surface area contributed by atoms with E-state index in [1.165, 1.54) is 22.1 Å². The van der Waals surface area contributed by atoms with Crippen LogP contribution in [0.25, 0.3) is 11.0 Å². The molecule has 7 nitrogen and oxygen atoms in total. The van der Waals surface area contributed by atoms with Gasteiger partial charge in [-0.1, -0.05) is 12.2 Å². The molecule has 0 bridgehead atoms. The molecule has 2 aromatic rings. The highest BCUT2D eigenvalue weighted by molar-refractivity contribution is 6.05. The fraction of sp³-hybridized carbons (Fsp3) is 0.417. The first-order chi connectivity index (χ1) is 15.0. The maximum absolute atomic E-state index is 12.5. The summed E-state index contributed by atoms with van der Waals surface area (Å²) in [6, 6.07) is 5.27. The molecular formula is C24H23NO6. The van der Waals surface area contributed by atoms with Crippen LogP contribution in [-0.2, 0) is 38.6 Å². The number of hydrogen-bond acceptors (Lipinski definition) is 6. The van der Waals surface area contributed by atoms with Crippen molar-refractivity contribution in [1.82, 2.24) is 4.90 Å². The maximum Gasteiger partial charge on any atom is 0.336 e. The van der Waals surface area contributed by atoms with E-state index in [0.717, 1.165) is 24.6 Å². The number of hydrogen-bond donors (Lipinski definition) is 0. The lowest BCUT2D eigenvalue weighted by Gasteiger charge is -2.14. The van der Waals surface area contributed by atoms with Crippen LogP contribution in [0.3, 0.4) is 0 Å². The number of allylic oxidation sites excluding steroid dienone is 2. The molecular weight excluding hydrogens is 398 g/mol. The summed E-state index contributed by atoms with van der Waals surface area (Å²) in [7, 11) is 0. The van der Waals surface area contributed by atoms with Crippen molar-refractivity contribution in [3.05, 3.63) is 57.5 Å². The van der Waals surface area contributed by atoms with Crippen LogP contribution in [0.4, 0.5) is 0 Å². The van der Waals surface area contributed by atoms with Crippen LogP contribution in [-0.4, -0.2) is 29.2 Å². The number of rotatable bonds is 5. The Labute approximate surface area is 178 Å². The lowest BCUT2D eigenvalue weighted by molar-refractivity contribution is -0.146. The zero-order chi connectivity index (χ0) is 21.5. The van der Waals surface area contributed by atoms with Gasteiger partial charge in [-0.2, -0.15) is 0 Å². The molecule has 0 radical (unpaired) electrons. The number of amides is 2. The van der Waals surface area contributed by atoms with Gasteiger partial charge < -0.3 is 9.15 Å². The van der Waals surface area contributed by atoms with E-state index in [0.29, 0.717) is 24.0 Å². The summed E-state index contributed by atoms with van der Waals surface area (Å²) < 4.78 is 10.7. The number of carbonyl (C=O) groups excluding carboxylic acids is 3. The fourth-order valence-electron chi connectivity index (χ4n) is 4.94. The van der Waals surface area contributed by atoms with E-state index in [9.17, 15) is 19.2 Å². The van der Waals surface area contributed by atoms with Crippen molar-refractivity contribution >= 4 is 28.8 Å². The summed E-state index contributed by atoms with van der Waals surface area (Å²) in [6.45, 7) is -0.0362. The first-order valence-electron chi connectivity index (χ1n) is 10.8. The molecule has 1 aromatic carbocycles. The summed E-state index contributed by atoms with van der Waals surface area (Å²) >= 11 is 0. The minimum atomic E-state index is -0.517. The number of nitrogens with zero attached hydrogens (tertiary/aromatic N) is 1. The average molecular weight is 421 g/mol. The highest BCUT2D eigenvalue weighted by Crippen LogP contribution is 2.35. The number of imide groups is 1. The van der Waals surface area contributed by atoms with Crippen molar-refractivity contribution in [1.29, 1.82) is 0 Å². The quantitative estimate of drug-likeness (QED) is 0.319. The second kappa shape index (κ2) is 7.80. The van der Waals surface area contributed by atoms with Crippen LogP contribution in [0.15, 0.2) is 39.6 Å². The Morgan fingerprint density at radius 2 is 1.68 bits per heavy atom. The molecule has 3 aliphatic rings. The molecule has 2 aliphatic carbocycles. The third-order valence-corrected chi connectivity index (χ3v) is 6.57. The molecule has 0 saturated carbocycles. The van der Waals surface area contributed by atoms with Crippen molar-refractivity contribution in [2.45, 2.75) is 45.1 Å². The van der Waals surface area contributed by atoms with Gasteiger partial charge in [-0.25, -0.2) is 4.79 Å². The molecule has 5 rings (SSSR count). The van der Waals surface area contributed by atoms with E-state index in [1.807, 2.05) is 24.3 Å². The molecule has 0 unspecified atom stereocenters. The third kappa shape index (κ3) is 3.58. The molecule has 7 heteroatoms. The van der Waals surface area contributed by atoms with Gasteiger partial charge in [-0.3, -0.25) is 19.3 Å². The van der Waals surface area contributed by atoms with Crippen molar-refractivity contribution < 1.29 is 23.5 Å². The van der Waals surface area contributed by atoms with Crippen LogP contribution in [0.1, 0.15) is 42.4 Å². The van der Waals surface area contributed by atoms with Gasteiger partial charge in [0.05, 0.1) is 18.3 Å². The summed E-state index contributed by atoms with van der Waals surface area (Å²) in [6.07, 6.45) is 7.97. The van der Waals surface area contributed by atoms with E-state index in [2.05, 4.69) is 0 Å². The number of esters is 1. The van der Waals surface area contributed by atoms with E-state index < -0.39 is 11.6 Å². The smallest absolute Gasteiger partial charge is 0.336 e. The molecule has 2 atom stereocenters. The van der Waals surface area contributed by atoms with Gasteiger partial charge in [-0.15, -0.1) is 0 Å². The van der Waals surface area contributed by atoms with Gasteiger partial charge in [0.1, 0.15) is 12.2 Å². The van der Waals surface area contributed by atoms with Gasteiger partial charge in [-0.05, 0) is 55.4 Å². The van der Waals surface area contributed by atoms with Gasteiger partial charge >= 0.3 is 11.6 Å². The molecule has 2 amide bonds. The molecule has 1 saturated heterocycles. The second-order valence-corrected chi connectivity index (χ2v) is 8.46. The molecule has 31 heavy (non-hydrogen) atoms. The minimum absolute atomic E-state index is 0.0225. The highest BCUT2D eigenvalue weighted by atomic mass is 16.5. The normalized spacial score (nSPS) is 22.1. The monoisotopic (exact) mass is 421 g/mol. The van der Waals surface area contributed by atoms with Crippen molar-refractivity contribution in [2.75, 3.05) is 6.54 Å². The fourth-order valence-corrected chi connectivity index (χ4v) is 4.94. The third-order valence-electron chi connectivity index (χ3n) is 6.57. The van der Waals surface area contributed by atoms with E-state index in [4.69, 9.17) is 9.15 Å². The first-order valence-corrected chi connectivity index (χ1v) is 10.8. The van der Waals surface area contributed by atoms with Gasteiger partial charge in [0.15, 0.2) is 0 Å². The van der Waals surface area contributed by atoms with Crippen LogP contribution < -0.4 is 5.63 Å². The molecule has 0 N–H and O–H groups in total. The molecule has 1 aliphatic heterocycles. The Morgan fingerprint density at radius 3 is 2.39 bits per heavy atom. The summed E-state index contributed by atoms with van der Waals surface area (Å²) in [5, 5.41) is 0.773. The van der Waals surface area contributed by atoms with Crippen molar-refractivity contribution in [3.8, 4) is 0 Å². The number of aryl methyl sites for hydroxylation is 2. The predicted molar refractivity (Wildman–Crippen MR) is 111 cm³/mol. The van der Waals surface area contributed by atoms with Gasteiger partial charge in [0.2, 0.25) is 11.8 Å². The van der Waals surface area contributed by atoms with Crippen molar-refractivity contribution in [2.24, 2.45) is 11.8 Å². The van der Waals surface area contributed by atoms with Crippen LogP contribution in [0.2, 0.25) is 0 Å². The zero-order valence-electron chi connectivity index (χ0n) is 17.1. The Bertz CT molecular complexity index is 1150. The van der Waals surface area contributed by atoms with Crippen LogP contribution in [0, 0.1) is 11.8 Å². The Morgan fingerprint density at radius 1 is 1.00 bits per heavy atom. The second-order valence-electron chi connectivity index (χ2n) is 8.46. The maximum atomic E-state index is 12.5. The summed E-state index contributed by atoms with van der Waals surface area (Å²) in [5.74, 6) is -1.52. The molecule has 1 fully saturated rings. The van der Waals surface area contributed by atoms with E-state index in [1.54, 1.807) is 0 Å².